The second kappa shape index (κ2) is 10.9. The van der Waals surface area contributed by atoms with Gasteiger partial charge in [0.05, 0.1) is 38.5 Å². The molecule has 0 aliphatic carbocycles. The summed E-state index contributed by atoms with van der Waals surface area (Å²) in [7, 11) is 3.27. The molecular weight excluding hydrogens is 530 g/mol. The molecule has 2 aliphatic heterocycles. The van der Waals surface area contributed by atoms with Crippen LogP contribution in [0, 0.1) is 0 Å². The lowest BCUT2D eigenvalue weighted by atomic mass is 9.83. The number of ether oxygens (including phenoxy) is 3. The van der Waals surface area contributed by atoms with Gasteiger partial charge in [-0.05, 0) is 55.3 Å². The Hall–Kier alpha value is -4.72. The van der Waals surface area contributed by atoms with Gasteiger partial charge in [0.25, 0.3) is 5.91 Å². The highest BCUT2D eigenvalue weighted by Gasteiger charge is 2.43. The Balaban J connectivity index is 1.50. The molecule has 1 aromatic heterocycles. The van der Waals surface area contributed by atoms with Gasteiger partial charge in [-0.1, -0.05) is 30.3 Å². The van der Waals surface area contributed by atoms with Crippen LogP contribution in [0.3, 0.4) is 0 Å². The molecule has 8 nitrogen and oxygen atoms in total. The quantitative estimate of drug-likeness (QED) is 0.280. The first kappa shape index (κ1) is 27.4. The molecule has 8 heteroatoms. The van der Waals surface area contributed by atoms with Crippen LogP contribution in [0.1, 0.15) is 49.4 Å². The highest BCUT2D eigenvalue weighted by molar-refractivity contribution is 6.11. The largest absolute Gasteiger partial charge is 0.497 e. The van der Waals surface area contributed by atoms with Gasteiger partial charge >= 0.3 is 0 Å². The lowest BCUT2D eigenvalue weighted by Gasteiger charge is -2.23. The molecule has 0 bridgehead atoms. The van der Waals surface area contributed by atoms with Crippen molar-refractivity contribution in [3.63, 3.8) is 0 Å². The number of nitrogens with zero attached hydrogens (tertiary/aromatic N) is 2. The van der Waals surface area contributed by atoms with E-state index in [9.17, 15) is 9.59 Å². The van der Waals surface area contributed by atoms with Crippen LogP contribution in [-0.4, -0.2) is 48.7 Å². The second-order valence-corrected chi connectivity index (χ2v) is 11.0. The Morgan fingerprint density at radius 2 is 1.76 bits per heavy atom. The van der Waals surface area contributed by atoms with Crippen molar-refractivity contribution in [1.82, 2.24) is 9.47 Å². The number of amides is 2. The van der Waals surface area contributed by atoms with Gasteiger partial charge in [0.2, 0.25) is 5.91 Å². The minimum Gasteiger partial charge on any atom is -0.497 e. The summed E-state index contributed by atoms with van der Waals surface area (Å²) < 4.78 is 19.8. The van der Waals surface area contributed by atoms with E-state index in [1.54, 1.807) is 14.2 Å². The summed E-state index contributed by atoms with van der Waals surface area (Å²) in [5.74, 6) is 0.918. The van der Waals surface area contributed by atoms with Gasteiger partial charge in [-0.2, -0.15) is 0 Å². The van der Waals surface area contributed by atoms with Crippen molar-refractivity contribution in [2.75, 3.05) is 32.7 Å². The topological polar surface area (TPSA) is 82.0 Å². The first-order chi connectivity index (χ1) is 20.3. The molecule has 0 fully saturated rings. The van der Waals surface area contributed by atoms with E-state index in [4.69, 9.17) is 14.2 Å². The van der Waals surface area contributed by atoms with Crippen LogP contribution >= 0.6 is 0 Å². The van der Waals surface area contributed by atoms with E-state index in [0.717, 1.165) is 44.7 Å². The molecule has 42 heavy (non-hydrogen) atoms. The van der Waals surface area contributed by atoms with E-state index < -0.39 is 5.92 Å². The number of carbonyl (C=O) groups excluding carboxylic acids is 2. The molecule has 0 spiro atoms. The number of rotatable bonds is 8. The fraction of sp³-hybridized carbons (Fsp3) is 0.294. The minimum atomic E-state index is -0.485. The summed E-state index contributed by atoms with van der Waals surface area (Å²) in [6.07, 6.45) is 2.82. The number of hydrogen-bond donors (Lipinski definition) is 1. The van der Waals surface area contributed by atoms with Crippen LogP contribution in [0.2, 0.25) is 0 Å². The van der Waals surface area contributed by atoms with Crippen molar-refractivity contribution >= 4 is 28.4 Å². The number of para-hydroxylation sites is 1. The van der Waals surface area contributed by atoms with E-state index in [1.807, 2.05) is 54.6 Å². The number of aromatic nitrogens is 1. The summed E-state index contributed by atoms with van der Waals surface area (Å²) in [4.78, 5) is 27.8. The number of hydrogen-bond acceptors (Lipinski definition) is 6. The highest BCUT2D eigenvalue weighted by atomic mass is 16.5. The van der Waals surface area contributed by atoms with Gasteiger partial charge in [0, 0.05) is 53.8 Å². The van der Waals surface area contributed by atoms with Gasteiger partial charge < -0.3 is 24.1 Å². The molecule has 6 rings (SSSR count). The molecule has 0 saturated heterocycles. The summed E-state index contributed by atoms with van der Waals surface area (Å²) in [6, 6.07) is 20.1. The Kier molecular flexibility index (Phi) is 7.14. The van der Waals surface area contributed by atoms with Crippen LogP contribution in [0.15, 0.2) is 78.1 Å². The zero-order valence-electron chi connectivity index (χ0n) is 24.6. The smallest absolute Gasteiger partial charge is 0.259 e. The first-order valence-corrected chi connectivity index (χ1v) is 14.2. The van der Waals surface area contributed by atoms with E-state index >= 15 is 0 Å². The van der Waals surface area contributed by atoms with Crippen LogP contribution in [0.5, 0.6) is 17.2 Å². The summed E-state index contributed by atoms with van der Waals surface area (Å²) >= 11 is 0. The monoisotopic (exact) mass is 565 g/mol. The molecular formula is C34H35N3O5. The Bertz CT molecular complexity index is 1720. The number of anilines is 1. The molecule has 0 saturated carbocycles. The molecule has 0 radical (unpaired) electrons. The first-order valence-electron chi connectivity index (χ1n) is 14.2. The SMILES string of the molecule is COc1ccc(CCOc2c(OC)cccc2[C@@H]2C3=C(CN(C(C)=O)C3=O)Nc3cccc4c3c2cn4C(C)C)cc1. The average Bonchev–Trinajstić information content (AvgIpc) is 3.49. The third kappa shape index (κ3) is 4.57. The maximum Gasteiger partial charge on any atom is 0.259 e. The van der Waals surface area contributed by atoms with Crippen molar-refractivity contribution < 1.29 is 23.8 Å². The second-order valence-electron chi connectivity index (χ2n) is 11.0. The summed E-state index contributed by atoms with van der Waals surface area (Å²) in [6.45, 7) is 6.32. The van der Waals surface area contributed by atoms with Crippen LogP contribution < -0.4 is 19.5 Å². The van der Waals surface area contributed by atoms with Gasteiger partial charge in [-0.25, -0.2) is 0 Å². The van der Waals surface area contributed by atoms with Gasteiger partial charge in [-0.15, -0.1) is 0 Å². The van der Waals surface area contributed by atoms with Crippen molar-refractivity contribution in [1.29, 1.82) is 0 Å². The van der Waals surface area contributed by atoms with E-state index in [2.05, 4.69) is 36.0 Å². The predicted molar refractivity (Wildman–Crippen MR) is 162 cm³/mol. The molecule has 2 amide bonds. The van der Waals surface area contributed by atoms with E-state index in [1.165, 1.54) is 11.8 Å². The Morgan fingerprint density at radius 3 is 2.45 bits per heavy atom. The maximum absolute atomic E-state index is 14.0. The maximum atomic E-state index is 14.0. The predicted octanol–water partition coefficient (Wildman–Crippen LogP) is 6.06. The fourth-order valence-corrected chi connectivity index (χ4v) is 6.12. The third-order valence-corrected chi connectivity index (χ3v) is 8.16. The Morgan fingerprint density at radius 1 is 1.00 bits per heavy atom. The van der Waals surface area contributed by atoms with Gasteiger partial charge in [0.1, 0.15) is 5.75 Å². The molecule has 0 unspecified atom stereocenters. The van der Waals surface area contributed by atoms with Gasteiger partial charge in [0.15, 0.2) is 11.5 Å². The minimum absolute atomic E-state index is 0.197. The van der Waals surface area contributed by atoms with Crippen molar-refractivity contribution in [2.24, 2.45) is 0 Å². The number of carbonyl (C=O) groups is 2. The highest BCUT2D eigenvalue weighted by Crippen LogP contribution is 2.50. The average molecular weight is 566 g/mol. The van der Waals surface area contributed by atoms with E-state index in [-0.39, 0.29) is 24.4 Å². The number of nitrogens with one attached hydrogen (secondary N) is 1. The van der Waals surface area contributed by atoms with Crippen molar-refractivity contribution in [2.45, 2.75) is 39.2 Å². The summed E-state index contributed by atoms with van der Waals surface area (Å²) in [5.41, 5.74) is 6.19. The fourth-order valence-electron chi connectivity index (χ4n) is 6.12. The van der Waals surface area contributed by atoms with Crippen LogP contribution in [0.25, 0.3) is 10.9 Å². The van der Waals surface area contributed by atoms with Crippen LogP contribution in [0.4, 0.5) is 5.69 Å². The van der Waals surface area contributed by atoms with Crippen molar-refractivity contribution in [3.05, 3.63) is 94.8 Å². The molecule has 1 N–H and O–H groups in total. The number of imide groups is 1. The number of benzene rings is 3. The summed E-state index contributed by atoms with van der Waals surface area (Å²) in [5, 5.41) is 4.60. The normalized spacial score (nSPS) is 16.0. The molecule has 1 atom stereocenters. The van der Waals surface area contributed by atoms with E-state index in [0.29, 0.717) is 30.1 Å². The molecule has 3 heterocycles. The molecule has 216 valence electrons. The standard InChI is InChI=1S/C34H35N3O5/c1-20(2)36-18-25-30(32-27(19-37(21(3)38)34(32)39)35-26-9-7-10-28(36)31(25)26)24-8-6-11-29(41-5)33(24)42-17-16-22-12-14-23(40-4)15-13-22/h6-15,18,20,30,35H,16-17,19H2,1-5H3/t30-/m0/s1. The zero-order valence-corrected chi connectivity index (χ0v) is 24.6. The zero-order chi connectivity index (χ0) is 29.5. The lowest BCUT2D eigenvalue weighted by molar-refractivity contribution is -0.139. The third-order valence-electron chi connectivity index (χ3n) is 8.16. The van der Waals surface area contributed by atoms with Crippen LogP contribution in [-0.2, 0) is 16.0 Å². The number of methoxy groups -OCH3 is 2. The van der Waals surface area contributed by atoms with Crippen molar-refractivity contribution in [3.8, 4) is 17.2 Å². The molecule has 4 aromatic rings. The molecule has 2 aliphatic rings. The van der Waals surface area contributed by atoms with Gasteiger partial charge in [-0.3, -0.25) is 14.5 Å². The molecule has 3 aromatic carbocycles. The Labute approximate surface area is 245 Å². The lowest BCUT2D eigenvalue weighted by Crippen LogP contribution is -2.33.